The van der Waals surface area contributed by atoms with Gasteiger partial charge < -0.3 is 10.1 Å². The third-order valence-corrected chi connectivity index (χ3v) is 1.89. The summed E-state index contributed by atoms with van der Waals surface area (Å²) in [5.41, 5.74) is 1.17. The fourth-order valence-electron chi connectivity index (χ4n) is 1.14. The van der Waals surface area contributed by atoms with Gasteiger partial charge >= 0.3 is 0 Å². The fraction of sp³-hybridized carbons (Fsp3) is 0.273. The quantitative estimate of drug-likeness (QED) is 0.778. The number of benzene rings is 1. The number of methoxy groups -OCH3 is 1. The van der Waals surface area contributed by atoms with Crippen molar-refractivity contribution in [2.75, 3.05) is 13.7 Å². The SMILES string of the molecule is [CH2]C(=O)NCCc1ccc(OC)cc1. The summed E-state index contributed by atoms with van der Waals surface area (Å²) in [6.45, 7) is 3.85. The van der Waals surface area contributed by atoms with E-state index >= 15 is 0 Å². The molecule has 1 rings (SSSR count). The van der Waals surface area contributed by atoms with Gasteiger partial charge in [0.05, 0.1) is 7.11 Å². The maximum atomic E-state index is 10.5. The van der Waals surface area contributed by atoms with Crippen LogP contribution in [0.3, 0.4) is 0 Å². The van der Waals surface area contributed by atoms with Crippen molar-refractivity contribution >= 4 is 5.91 Å². The van der Waals surface area contributed by atoms with Gasteiger partial charge in [-0.1, -0.05) is 12.1 Å². The summed E-state index contributed by atoms with van der Waals surface area (Å²) in [5.74, 6) is 0.605. The van der Waals surface area contributed by atoms with E-state index in [1.165, 1.54) is 5.56 Å². The molecule has 0 aliphatic rings. The Morgan fingerprint density at radius 1 is 1.43 bits per heavy atom. The Labute approximate surface area is 84.1 Å². The molecule has 0 fully saturated rings. The average molecular weight is 192 g/mol. The van der Waals surface area contributed by atoms with E-state index in [4.69, 9.17) is 4.74 Å². The van der Waals surface area contributed by atoms with Crippen molar-refractivity contribution in [1.82, 2.24) is 5.32 Å². The molecule has 0 atom stereocenters. The van der Waals surface area contributed by atoms with Crippen molar-refractivity contribution in [2.45, 2.75) is 6.42 Å². The minimum Gasteiger partial charge on any atom is -0.497 e. The fourth-order valence-corrected chi connectivity index (χ4v) is 1.14. The van der Waals surface area contributed by atoms with Crippen molar-refractivity contribution in [3.8, 4) is 5.75 Å². The highest BCUT2D eigenvalue weighted by Gasteiger charge is 1.95. The molecule has 14 heavy (non-hydrogen) atoms. The zero-order valence-electron chi connectivity index (χ0n) is 8.25. The molecule has 0 aliphatic heterocycles. The number of carbonyl (C=O) groups excluding carboxylic acids is 1. The first-order chi connectivity index (χ1) is 6.72. The van der Waals surface area contributed by atoms with Gasteiger partial charge in [-0.2, -0.15) is 0 Å². The van der Waals surface area contributed by atoms with Gasteiger partial charge in [0.15, 0.2) is 0 Å². The second kappa shape index (κ2) is 5.27. The zero-order chi connectivity index (χ0) is 10.4. The molecular formula is C11H14NO2. The van der Waals surface area contributed by atoms with Crippen molar-refractivity contribution < 1.29 is 9.53 Å². The molecule has 1 radical (unpaired) electrons. The van der Waals surface area contributed by atoms with Crippen molar-refractivity contribution in [1.29, 1.82) is 0 Å². The molecule has 1 N–H and O–H groups in total. The predicted molar refractivity (Wildman–Crippen MR) is 55.1 cm³/mol. The van der Waals surface area contributed by atoms with Crippen LogP contribution in [0.5, 0.6) is 5.75 Å². The van der Waals surface area contributed by atoms with Crippen LogP contribution in [-0.2, 0) is 11.2 Å². The van der Waals surface area contributed by atoms with Gasteiger partial charge in [0.1, 0.15) is 5.75 Å². The van der Waals surface area contributed by atoms with E-state index in [0.717, 1.165) is 12.2 Å². The highest BCUT2D eigenvalue weighted by molar-refractivity contribution is 5.79. The topological polar surface area (TPSA) is 38.3 Å². The molecule has 0 bridgehead atoms. The monoisotopic (exact) mass is 192 g/mol. The maximum absolute atomic E-state index is 10.5. The molecule has 0 heterocycles. The molecule has 0 aliphatic carbocycles. The normalized spacial score (nSPS) is 9.57. The Kier molecular flexibility index (Phi) is 3.98. The first kappa shape index (κ1) is 10.6. The summed E-state index contributed by atoms with van der Waals surface area (Å²) in [5, 5.41) is 2.64. The van der Waals surface area contributed by atoms with Crippen LogP contribution < -0.4 is 10.1 Å². The lowest BCUT2D eigenvalue weighted by atomic mass is 10.1. The second-order valence-corrected chi connectivity index (χ2v) is 2.95. The summed E-state index contributed by atoms with van der Waals surface area (Å²) < 4.78 is 5.03. The van der Waals surface area contributed by atoms with E-state index < -0.39 is 0 Å². The molecule has 1 aromatic carbocycles. The van der Waals surface area contributed by atoms with E-state index in [1.54, 1.807) is 7.11 Å². The Hall–Kier alpha value is -1.51. The summed E-state index contributed by atoms with van der Waals surface area (Å²) in [4.78, 5) is 10.5. The van der Waals surface area contributed by atoms with Crippen LogP contribution in [0, 0.1) is 6.92 Å². The molecule has 75 valence electrons. The molecule has 0 saturated carbocycles. The van der Waals surface area contributed by atoms with Crippen LogP contribution in [0.2, 0.25) is 0 Å². The van der Waals surface area contributed by atoms with Gasteiger partial charge in [-0.3, -0.25) is 4.79 Å². The number of nitrogens with one attached hydrogen (secondary N) is 1. The number of rotatable bonds is 4. The van der Waals surface area contributed by atoms with Gasteiger partial charge in [0.25, 0.3) is 0 Å². The molecule has 0 saturated heterocycles. The van der Waals surface area contributed by atoms with E-state index in [9.17, 15) is 4.79 Å². The first-order valence-corrected chi connectivity index (χ1v) is 4.45. The molecule has 1 amide bonds. The minimum atomic E-state index is -0.237. The molecule has 1 aromatic rings. The first-order valence-electron chi connectivity index (χ1n) is 4.45. The molecule has 3 heteroatoms. The lowest BCUT2D eigenvalue weighted by molar-refractivity contribution is -0.116. The van der Waals surface area contributed by atoms with Gasteiger partial charge in [-0.05, 0) is 24.1 Å². The lowest BCUT2D eigenvalue weighted by Gasteiger charge is -2.03. The third kappa shape index (κ3) is 3.47. The highest BCUT2D eigenvalue weighted by Crippen LogP contribution is 2.11. The Balaban J connectivity index is 2.40. The zero-order valence-corrected chi connectivity index (χ0v) is 8.25. The highest BCUT2D eigenvalue weighted by atomic mass is 16.5. The van der Waals surface area contributed by atoms with Gasteiger partial charge in [0.2, 0.25) is 5.91 Å². The van der Waals surface area contributed by atoms with Crippen LogP contribution >= 0.6 is 0 Å². The minimum absolute atomic E-state index is 0.237. The van der Waals surface area contributed by atoms with Crippen molar-refractivity contribution in [2.24, 2.45) is 0 Å². The van der Waals surface area contributed by atoms with Gasteiger partial charge in [0, 0.05) is 13.5 Å². The van der Waals surface area contributed by atoms with E-state index in [1.807, 2.05) is 24.3 Å². The molecule has 0 aromatic heterocycles. The van der Waals surface area contributed by atoms with Crippen molar-refractivity contribution in [3.05, 3.63) is 36.8 Å². The number of ether oxygens (including phenoxy) is 1. The number of hydrogen-bond acceptors (Lipinski definition) is 2. The summed E-state index contributed by atoms with van der Waals surface area (Å²) >= 11 is 0. The number of amides is 1. The largest absolute Gasteiger partial charge is 0.497 e. The smallest absolute Gasteiger partial charge is 0.220 e. The molecular weight excluding hydrogens is 178 g/mol. The van der Waals surface area contributed by atoms with Crippen molar-refractivity contribution in [3.63, 3.8) is 0 Å². The van der Waals surface area contributed by atoms with Crippen LogP contribution in [0.25, 0.3) is 0 Å². The molecule has 0 spiro atoms. The maximum Gasteiger partial charge on any atom is 0.220 e. The van der Waals surface area contributed by atoms with Gasteiger partial charge in [-0.25, -0.2) is 0 Å². The van der Waals surface area contributed by atoms with E-state index in [-0.39, 0.29) is 5.91 Å². The Morgan fingerprint density at radius 2 is 2.07 bits per heavy atom. The molecule has 0 unspecified atom stereocenters. The lowest BCUT2D eigenvalue weighted by Crippen LogP contribution is -2.22. The number of carbonyl (C=O) groups is 1. The summed E-state index contributed by atoms with van der Waals surface area (Å²) in [6.07, 6.45) is 0.811. The van der Waals surface area contributed by atoms with Crippen LogP contribution in [0.1, 0.15) is 5.56 Å². The summed E-state index contributed by atoms with van der Waals surface area (Å²) in [7, 11) is 1.64. The average Bonchev–Trinajstić information content (AvgIpc) is 2.18. The van der Waals surface area contributed by atoms with Crippen LogP contribution in [0.15, 0.2) is 24.3 Å². The van der Waals surface area contributed by atoms with Crippen LogP contribution in [0.4, 0.5) is 0 Å². The van der Waals surface area contributed by atoms with Gasteiger partial charge in [-0.15, -0.1) is 0 Å². The Morgan fingerprint density at radius 3 is 2.57 bits per heavy atom. The second-order valence-electron chi connectivity index (χ2n) is 2.95. The van der Waals surface area contributed by atoms with E-state index in [0.29, 0.717) is 6.54 Å². The predicted octanol–water partition coefficient (Wildman–Crippen LogP) is 1.19. The Bertz CT molecular complexity index is 293. The number of hydrogen-bond donors (Lipinski definition) is 1. The standard InChI is InChI=1S/C11H14NO2/c1-9(13)12-8-7-10-3-5-11(14-2)6-4-10/h3-6H,1,7-8H2,2H3,(H,12,13). The van der Waals surface area contributed by atoms with E-state index in [2.05, 4.69) is 12.2 Å². The van der Waals surface area contributed by atoms with Crippen LogP contribution in [-0.4, -0.2) is 19.6 Å². The summed E-state index contributed by atoms with van der Waals surface area (Å²) in [6, 6.07) is 7.77. The third-order valence-electron chi connectivity index (χ3n) is 1.89. The molecule has 3 nitrogen and oxygen atoms in total.